The second kappa shape index (κ2) is 8.93. The maximum atomic E-state index is 11.8. The van der Waals surface area contributed by atoms with Gasteiger partial charge in [-0.1, -0.05) is 39.3 Å². The number of aryl methyl sites for hydroxylation is 1. The van der Waals surface area contributed by atoms with Crippen LogP contribution in [0.5, 0.6) is 5.75 Å². The highest BCUT2D eigenvalue weighted by Crippen LogP contribution is 2.19. The Morgan fingerprint density at radius 1 is 1.21 bits per heavy atom. The average molecular weight is 392 g/mol. The zero-order valence-electron chi connectivity index (χ0n) is 13.2. The molecule has 3 N–H and O–H groups in total. The molecule has 0 aliphatic carbocycles. The van der Waals surface area contributed by atoms with Crippen molar-refractivity contribution < 1.29 is 14.4 Å². The van der Waals surface area contributed by atoms with Crippen LogP contribution in [-0.2, 0) is 9.63 Å². The number of oxime groups is 1. The molecule has 2 aromatic rings. The van der Waals surface area contributed by atoms with Crippen molar-refractivity contribution in [3.63, 3.8) is 0 Å². The average Bonchev–Trinajstić information content (AvgIpc) is 2.56. The molecular weight excluding hydrogens is 374 g/mol. The SMILES string of the molecule is Cc1cc(Br)ccc1NC(=O)CO/N=C(/N)COc1ccccc1. The van der Waals surface area contributed by atoms with Crippen LogP contribution in [0.1, 0.15) is 5.56 Å². The third-order valence-electron chi connectivity index (χ3n) is 2.97. The Morgan fingerprint density at radius 2 is 1.96 bits per heavy atom. The molecule has 24 heavy (non-hydrogen) atoms. The summed E-state index contributed by atoms with van der Waals surface area (Å²) in [6.07, 6.45) is 0. The zero-order chi connectivity index (χ0) is 17.4. The van der Waals surface area contributed by atoms with Gasteiger partial charge in [0.15, 0.2) is 12.4 Å². The number of nitrogens with one attached hydrogen (secondary N) is 1. The molecule has 0 aliphatic rings. The van der Waals surface area contributed by atoms with Gasteiger partial charge in [-0.05, 0) is 42.8 Å². The molecule has 0 aliphatic heterocycles. The number of para-hydroxylation sites is 1. The van der Waals surface area contributed by atoms with Crippen LogP contribution in [0.15, 0.2) is 58.2 Å². The van der Waals surface area contributed by atoms with E-state index in [1.54, 1.807) is 0 Å². The van der Waals surface area contributed by atoms with Crippen LogP contribution in [0.25, 0.3) is 0 Å². The Bertz CT molecular complexity index is 720. The van der Waals surface area contributed by atoms with Crippen molar-refractivity contribution in [2.45, 2.75) is 6.92 Å². The van der Waals surface area contributed by atoms with Crippen molar-refractivity contribution in [2.24, 2.45) is 10.9 Å². The number of amides is 1. The van der Waals surface area contributed by atoms with Gasteiger partial charge in [-0.2, -0.15) is 0 Å². The van der Waals surface area contributed by atoms with E-state index in [-0.39, 0.29) is 25.0 Å². The van der Waals surface area contributed by atoms with Gasteiger partial charge in [-0.15, -0.1) is 0 Å². The molecule has 1 amide bonds. The number of carbonyl (C=O) groups excluding carboxylic acids is 1. The van der Waals surface area contributed by atoms with Crippen LogP contribution >= 0.6 is 15.9 Å². The molecule has 0 heterocycles. The Hall–Kier alpha value is -2.54. The van der Waals surface area contributed by atoms with Gasteiger partial charge in [-0.3, -0.25) is 4.79 Å². The predicted octanol–water partition coefficient (Wildman–Crippen LogP) is 3.06. The van der Waals surface area contributed by atoms with Gasteiger partial charge < -0.3 is 20.6 Å². The maximum Gasteiger partial charge on any atom is 0.265 e. The van der Waals surface area contributed by atoms with Crippen molar-refractivity contribution in [1.29, 1.82) is 0 Å². The molecule has 6 nitrogen and oxygen atoms in total. The molecule has 0 saturated carbocycles. The zero-order valence-corrected chi connectivity index (χ0v) is 14.7. The van der Waals surface area contributed by atoms with Crippen molar-refractivity contribution in [3.8, 4) is 5.75 Å². The Labute approximate surface area is 148 Å². The quantitative estimate of drug-likeness (QED) is 0.431. The van der Waals surface area contributed by atoms with Gasteiger partial charge >= 0.3 is 0 Å². The van der Waals surface area contributed by atoms with E-state index in [4.69, 9.17) is 15.3 Å². The van der Waals surface area contributed by atoms with E-state index in [1.807, 2.05) is 55.5 Å². The van der Waals surface area contributed by atoms with E-state index in [9.17, 15) is 4.79 Å². The Kier molecular flexibility index (Phi) is 6.62. The number of carbonyl (C=O) groups is 1. The summed E-state index contributed by atoms with van der Waals surface area (Å²) in [4.78, 5) is 16.8. The number of benzene rings is 2. The number of halogens is 1. The van der Waals surface area contributed by atoms with Crippen molar-refractivity contribution in [1.82, 2.24) is 0 Å². The fourth-order valence-corrected chi connectivity index (χ4v) is 2.30. The second-order valence-corrected chi connectivity index (χ2v) is 5.88. The largest absolute Gasteiger partial charge is 0.486 e. The third kappa shape index (κ3) is 5.92. The molecule has 0 spiro atoms. The summed E-state index contributed by atoms with van der Waals surface area (Å²) in [6.45, 7) is 1.75. The molecule has 0 aromatic heterocycles. The number of ether oxygens (including phenoxy) is 1. The van der Waals surface area contributed by atoms with Crippen LogP contribution in [0.3, 0.4) is 0 Å². The van der Waals surface area contributed by atoms with Gasteiger partial charge in [0.05, 0.1) is 0 Å². The number of rotatable bonds is 7. The topological polar surface area (TPSA) is 85.9 Å². The Balaban J connectivity index is 1.74. The van der Waals surface area contributed by atoms with E-state index < -0.39 is 0 Å². The molecule has 2 rings (SSSR count). The summed E-state index contributed by atoms with van der Waals surface area (Å²) in [7, 11) is 0. The van der Waals surface area contributed by atoms with E-state index in [0.717, 1.165) is 15.7 Å². The molecular formula is C17H18BrN3O3. The maximum absolute atomic E-state index is 11.8. The minimum absolute atomic E-state index is 0.0808. The number of hydrogen-bond acceptors (Lipinski definition) is 4. The fraction of sp³-hybridized carbons (Fsp3) is 0.176. The van der Waals surface area contributed by atoms with Gasteiger partial charge in [0, 0.05) is 10.2 Å². The smallest absolute Gasteiger partial charge is 0.265 e. The first kappa shape index (κ1) is 17.8. The molecule has 0 bridgehead atoms. The summed E-state index contributed by atoms with van der Waals surface area (Å²) < 4.78 is 6.36. The van der Waals surface area contributed by atoms with Gasteiger partial charge in [0.1, 0.15) is 12.4 Å². The molecule has 126 valence electrons. The predicted molar refractivity (Wildman–Crippen MR) is 97.0 cm³/mol. The van der Waals surface area contributed by atoms with Crippen LogP contribution in [0.4, 0.5) is 5.69 Å². The molecule has 0 saturated heterocycles. The highest BCUT2D eigenvalue weighted by molar-refractivity contribution is 9.10. The second-order valence-electron chi connectivity index (χ2n) is 4.97. The minimum atomic E-state index is -0.319. The first-order chi connectivity index (χ1) is 11.5. The van der Waals surface area contributed by atoms with Gasteiger partial charge in [-0.25, -0.2) is 0 Å². The summed E-state index contributed by atoms with van der Waals surface area (Å²) in [5, 5.41) is 6.40. The Morgan fingerprint density at radius 3 is 2.67 bits per heavy atom. The summed E-state index contributed by atoms with van der Waals surface area (Å²) >= 11 is 3.37. The fourth-order valence-electron chi connectivity index (χ4n) is 1.83. The van der Waals surface area contributed by atoms with Crippen molar-refractivity contribution in [2.75, 3.05) is 18.5 Å². The van der Waals surface area contributed by atoms with E-state index in [2.05, 4.69) is 26.4 Å². The lowest BCUT2D eigenvalue weighted by atomic mass is 10.2. The highest BCUT2D eigenvalue weighted by Gasteiger charge is 2.06. The molecule has 0 fully saturated rings. The lowest BCUT2D eigenvalue weighted by Crippen LogP contribution is -2.23. The number of hydrogen-bond donors (Lipinski definition) is 2. The van der Waals surface area contributed by atoms with Crippen LogP contribution in [0.2, 0.25) is 0 Å². The first-order valence-corrected chi connectivity index (χ1v) is 8.02. The molecule has 0 atom stereocenters. The van der Waals surface area contributed by atoms with E-state index >= 15 is 0 Å². The normalized spacial score (nSPS) is 11.0. The highest BCUT2D eigenvalue weighted by atomic mass is 79.9. The third-order valence-corrected chi connectivity index (χ3v) is 3.46. The van der Waals surface area contributed by atoms with Crippen molar-refractivity contribution in [3.05, 3.63) is 58.6 Å². The summed E-state index contributed by atoms with van der Waals surface area (Å²) in [5.41, 5.74) is 7.32. The van der Waals surface area contributed by atoms with E-state index in [0.29, 0.717) is 5.75 Å². The molecule has 0 unspecified atom stereocenters. The molecule has 7 heteroatoms. The standard InChI is InChI=1S/C17H18BrN3O3/c1-12-9-13(18)7-8-15(12)20-17(22)11-24-21-16(19)10-23-14-5-3-2-4-6-14/h2-9H,10-11H2,1H3,(H2,19,21)(H,20,22). The lowest BCUT2D eigenvalue weighted by Gasteiger charge is -2.08. The molecule has 2 aromatic carbocycles. The van der Waals surface area contributed by atoms with Gasteiger partial charge in [0.2, 0.25) is 0 Å². The van der Waals surface area contributed by atoms with Crippen LogP contribution < -0.4 is 15.8 Å². The minimum Gasteiger partial charge on any atom is -0.486 e. The number of amidine groups is 1. The lowest BCUT2D eigenvalue weighted by molar-refractivity contribution is -0.120. The van der Waals surface area contributed by atoms with E-state index in [1.165, 1.54) is 0 Å². The number of nitrogens with two attached hydrogens (primary N) is 1. The van der Waals surface area contributed by atoms with Crippen molar-refractivity contribution >= 4 is 33.4 Å². The number of nitrogens with zero attached hydrogens (tertiary/aromatic N) is 1. The monoisotopic (exact) mass is 391 g/mol. The van der Waals surface area contributed by atoms with Crippen LogP contribution in [0, 0.1) is 6.92 Å². The molecule has 0 radical (unpaired) electrons. The number of anilines is 1. The summed E-state index contributed by atoms with van der Waals surface area (Å²) in [5.74, 6) is 0.506. The summed E-state index contributed by atoms with van der Waals surface area (Å²) in [6, 6.07) is 14.8. The van der Waals surface area contributed by atoms with Crippen LogP contribution in [-0.4, -0.2) is 25.0 Å². The first-order valence-electron chi connectivity index (χ1n) is 7.23. The van der Waals surface area contributed by atoms with Gasteiger partial charge in [0.25, 0.3) is 5.91 Å².